The number of hydrogen-bond donors (Lipinski definition) is 0. The quantitative estimate of drug-likeness (QED) is 0.107. The fraction of sp³-hybridized carbons (Fsp3) is 0.107. The third kappa shape index (κ3) is 5.40. The van der Waals surface area contributed by atoms with Gasteiger partial charge in [-0.15, -0.1) is 0 Å². The van der Waals surface area contributed by atoms with Crippen LogP contribution in [0.1, 0.15) is 29.3 Å². The third-order valence-electron chi connectivity index (χ3n) is 5.52. The Morgan fingerprint density at radius 1 is 0.750 bits per heavy atom. The van der Waals surface area contributed by atoms with Crippen LogP contribution in [0.15, 0.2) is 66.7 Å². The number of ether oxygens (including phenoxy) is 1. The average Bonchev–Trinajstić information content (AvgIpc) is 2.82. The molecule has 0 saturated heterocycles. The van der Waals surface area contributed by atoms with Gasteiger partial charge in [-0.05, 0) is 46.9 Å². The first-order valence-electron chi connectivity index (χ1n) is 10.9. The summed E-state index contributed by atoms with van der Waals surface area (Å²) in [6.07, 6.45) is 1.98. The number of hydrogen-bond acceptors (Lipinski definition) is 2. The highest BCUT2D eigenvalue weighted by atomic mass is 35.5. The van der Waals surface area contributed by atoms with Crippen molar-refractivity contribution in [2.24, 2.45) is 0 Å². The predicted octanol–water partition coefficient (Wildman–Crippen LogP) is 9.06. The highest BCUT2D eigenvalue weighted by Gasteiger charge is 2.22. The van der Waals surface area contributed by atoms with Crippen LogP contribution in [-0.4, -0.2) is 5.97 Å². The molecule has 0 fully saturated rings. The normalized spacial score (nSPS) is 11.0. The van der Waals surface area contributed by atoms with E-state index in [0.717, 1.165) is 24.5 Å². The zero-order valence-corrected chi connectivity index (χ0v) is 20.4. The van der Waals surface area contributed by atoms with Crippen molar-refractivity contribution >= 4 is 29.2 Å². The van der Waals surface area contributed by atoms with Crippen LogP contribution in [0.25, 0.3) is 22.3 Å². The summed E-state index contributed by atoms with van der Waals surface area (Å²) >= 11 is 11.5. The van der Waals surface area contributed by atoms with Gasteiger partial charge >= 0.3 is 5.97 Å². The summed E-state index contributed by atoms with van der Waals surface area (Å²) in [4.78, 5) is 12.4. The molecule has 0 unspecified atom stereocenters. The molecule has 0 N–H and O–H groups in total. The lowest BCUT2D eigenvalue weighted by Crippen LogP contribution is -2.12. The molecule has 0 atom stereocenters. The molecule has 0 amide bonds. The summed E-state index contributed by atoms with van der Waals surface area (Å²) < 4.78 is 62.0. The molecule has 0 saturated carbocycles. The van der Waals surface area contributed by atoms with E-state index < -0.39 is 45.6 Å². The maximum atomic E-state index is 15.0. The lowest BCUT2D eigenvalue weighted by atomic mass is 9.97. The molecule has 8 heteroatoms. The Morgan fingerprint density at radius 3 is 1.94 bits per heavy atom. The second-order valence-corrected chi connectivity index (χ2v) is 8.83. The van der Waals surface area contributed by atoms with Crippen LogP contribution in [0.4, 0.5) is 17.6 Å². The molecule has 0 aliphatic rings. The molecule has 4 aromatic rings. The van der Waals surface area contributed by atoms with Crippen molar-refractivity contribution in [3.05, 3.63) is 111 Å². The smallest absolute Gasteiger partial charge is 0.348 e. The van der Waals surface area contributed by atoms with Crippen molar-refractivity contribution in [3.63, 3.8) is 0 Å². The molecule has 0 bridgehead atoms. The fourth-order valence-corrected chi connectivity index (χ4v) is 4.15. The zero-order chi connectivity index (χ0) is 26.0. The summed E-state index contributed by atoms with van der Waals surface area (Å²) in [6, 6.07) is 15.8. The van der Waals surface area contributed by atoms with E-state index in [9.17, 15) is 18.0 Å². The van der Waals surface area contributed by atoms with Crippen molar-refractivity contribution in [2.75, 3.05) is 0 Å². The number of halogens is 6. The molecule has 0 aliphatic heterocycles. The molecule has 4 aromatic carbocycles. The first-order chi connectivity index (χ1) is 17.2. The molecule has 2 nitrogen and oxygen atoms in total. The first-order valence-corrected chi connectivity index (χ1v) is 11.7. The van der Waals surface area contributed by atoms with Crippen molar-refractivity contribution < 1.29 is 27.1 Å². The number of aryl methyl sites for hydroxylation is 1. The van der Waals surface area contributed by atoms with Gasteiger partial charge in [0, 0.05) is 17.7 Å². The number of rotatable bonds is 6. The third-order valence-corrected chi connectivity index (χ3v) is 6.18. The van der Waals surface area contributed by atoms with E-state index in [1.54, 1.807) is 6.07 Å². The summed E-state index contributed by atoms with van der Waals surface area (Å²) in [5.74, 6) is -5.82. The number of benzene rings is 4. The molecular weight excluding hydrogens is 515 g/mol. The second-order valence-electron chi connectivity index (χ2n) is 8.05. The average molecular weight is 533 g/mol. The van der Waals surface area contributed by atoms with Gasteiger partial charge in [0.05, 0.1) is 5.02 Å². The largest absolute Gasteiger partial charge is 0.423 e. The predicted molar refractivity (Wildman–Crippen MR) is 133 cm³/mol. The zero-order valence-electron chi connectivity index (χ0n) is 18.8. The van der Waals surface area contributed by atoms with E-state index >= 15 is 4.39 Å². The van der Waals surface area contributed by atoms with Crippen LogP contribution in [0.3, 0.4) is 0 Å². The van der Waals surface area contributed by atoms with Gasteiger partial charge in [0.2, 0.25) is 0 Å². The van der Waals surface area contributed by atoms with Crippen LogP contribution in [-0.2, 0) is 6.42 Å². The SMILES string of the molecule is CCCc1ccc(-c2ccc(-c3cc(F)c(C(=O)Oc4cc(F)c(Cl)c(F)c4)c(Cl)c3)c(F)c2)cc1. The van der Waals surface area contributed by atoms with Crippen LogP contribution in [0, 0.1) is 23.3 Å². The standard InChI is InChI=1S/C28H18Cl2F4O2/c1-2-3-15-4-6-16(7-5-15)17-8-9-20(22(31)11-17)18-10-21(29)26(23(32)12-18)28(35)36-19-13-24(33)27(30)25(34)14-19/h4-14H,2-3H2,1H3. The van der Waals surface area contributed by atoms with Crippen molar-refractivity contribution in [3.8, 4) is 28.0 Å². The van der Waals surface area contributed by atoms with E-state index in [-0.39, 0.29) is 16.1 Å². The Bertz CT molecular complexity index is 1410. The van der Waals surface area contributed by atoms with E-state index in [4.69, 9.17) is 27.9 Å². The van der Waals surface area contributed by atoms with Gasteiger partial charge in [0.1, 0.15) is 39.6 Å². The number of esters is 1. The Hall–Kier alpha value is -3.35. The number of carbonyl (C=O) groups excluding carboxylic acids is 1. The molecule has 0 heterocycles. The van der Waals surface area contributed by atoms with Gasteiger partial charge in [-0.25, -0.2) is 22.4 Å². The van der Waals surface area contributed by atoms with Crippen LogP contribution in [0.5, 0.6) is 5.75 Å². The van der Waals surface area contributed by atoms with Gasteiger partial charge in [0.15, 0.2) is 0 Å². The maximum absolute atomic E-state index is 15.0. The highest BCUT2D eigenvalue weighted by Crippen LogP contribution is 2.33. The lowest BCUT2D eigenvalue weighted by Gasteiger charge is -2.11. The minimum Gasteiger partial charge on any atom is -0.423 e. The topological polar surface area (TPSA) is 26.3 Å². The lowest BCUT2D eigenvalue weighted by molar-refractivity contribution is 0.0729. The Morgan fingerprint density at radius 2 is 1.36 bits per heavy atom. The van der Waals surface area contributed by atoms with E-state index in [2.05, 4.69) is 6.92 Å². The molecule has 0 radical (unpaired) electrons. The van der Waals surface area contributed by atoms with Gasteiger partial charge in [-0.3, -0.25) is 0 Å². The Balaban J connectivity index is 1.60. The first kappa shape index (κ1) is 25.7. The summed E-state index contributed by atoms with van der Waals surface area (Å²) in [5, 5.41) is -1.13. The van der Waals surface area contributed by atoms with E-state index in [1.165, 1.54) is 23.8 Å². The van der Waals surface area contributed by atoms with Gasteiger partial charge in [-0.2, -0.15) is 0 Å². The second kappa shape index (κ2) is 10.7. The summed E-state index contributed by atoms with van der Waals surface area (Å²) in [5.41, 5.74) is 2.17. The minimum absolute atomic E-state index is 0.0731. The van der Waals surface area contributed by atoms with Gasteiger partial charge < -0.3 is 4.74 Å². The van der Waals surface area contributed by atoms with Crippen molar-refractivity contribution in [1.29, 1.82) is 0 Å². The minimum atomic E-state index is -1.28. The monoisotopic (exact) mass is 532 g/mol. The molecule has 36 heavy (non-hydrogen) atoms. The van der Waals surface area contributed by atoms with Crippen LogP contribution >= 0.6 is 23.2 Å². The number of carbonyl (C=O) groups is 1. The molecule has 0 spiro atoms. The Labute approximate surface area is 215 Å². The molecule has 184 valence electrons. The molecule has 4 rings (SSSR count). The highest BCUT2D eigenvalue weighted by molar-refractivity contribution is 6.34. The van der Waals surface area contributed by atoms with Gasteiger partial charge in [-0.1, -0.05) is 72.9 Å². The molecule has 0 aromatic heterocycles. The maximum Gasteiger partial charge on any atom is 0.348 e. The fourth-order valence-electron chi connectivity index (χ4n) is 3.75. The van der Waals surface area contributed by atoms with Gasteiger partial charge in [0.25, 0.3) is 0 Å². The van der Waals surface area contributed by atoms with E-state index in [0.29, 0.717) is 17.7 Å². The van der Waals surface area contributed by atoms with E-state index in [1.807, 2.05) is 24.3 Å². The molecule has 0 aliphatic carbocycles. The molecular formula is C28H18Cl2F4O2. The Kier molecular flexibility index (Phi) is 7.67. The van der Waals surface area contributed by atoms with Crippen LogP contribution in [0.2, 0.25) is 10.0 Å². The summed E-state index contributed by atoms with van der Waals surface area (Å²) in [6.45, 7) is 2.09. The summed E-state index contributed by atoms with van der Waals surface area (Å²) in [7, 11) is 0. The van der Waals surface area contributed by atoms with Crippen molar-refractivity contribution in [1.82, 2.24) is 0 Å². The van der Waals surface area contributed by atoms with Crippen molar-refractivity contribution in [2.45, 2.75) is 19.8 Å². The van der Waals surface area contributed by atoms with Crippen LogP contribution < -0.4 is 4.74 Å².